The average Bonchev–Trinajstić information content (AvgIpc) is 0.844. The van der Waals surface area contributed by atoms with Crippen LogP contribution in [0.5, 0.6) is 0 Å². The van der Waals surface area contributed by atoms with E-state index in [-0.39, 0.29) is 12.1 Å². The van der Waals surface area contributed by atoms with Crippen LogP contribution in [-0.4, -0.2) is 36.2 Å². The Hall–Kier alpha value is -11.8. The molecule has 0 spiro atoms. The van der Waals surface area contributed by atoms with Gasteiger partial charge in [-0.1, -0.05) is 239 Å². The molecule has 0 N–H and O–H groups in total. The molecule has 92 heavy (non-hydrogen) atoms. The van der Waals surface area contributed by atoms with E-state index in [1.165, 1.54) is 44.1 Å². The first kappa shape index (κ1) is 54.4. The first-order valence-electron chi connectivity index (χ1n) is 31.4. The minimum atomic E-state index is -0.0570. The predicted octanol–water partition coefficient (Wildman–Crippen LogP) is 18.8. The fourth-order valence-electron chi connectivity index (χ4n) is 13.8. The van der Waals surface area contributed by atoms with Crippen LogP contribution in [0.4, 0.5) is 34.1 Å². The van der Waals surface area contributed by atoms with E-state index in [0.29, 0.717) is 23.3 Å². The van der Waals surface area contributed by atoms with Crippen LogP contribution in [0.25, 0.3) is 107 Å². The summed E-state index contributed by atoms with van der Waals surface area (Å²) in [7, 11) is 0. The summed E-state index contributed by atoms with van der Waals surface area (Å²) in [4.78, 5) is 31.8. The van der Waals surface area contributed by atoms with Gasteiger partial charge in [0.25, 0.3) is 6.71 Å². The number of hydrogen-bond donors (Lipinski definition) is 0. The van der Waals surface area contributed by atoms with E-state index in [4.69, 9.17) is 24.9 Å². The zero-order valence-corrected chi connectivity index (χ0v) is 51.0. The van der Waals surface area contributed by atoms with Gasteiger partial charge in [0.2, 0.25) is 0 Å². The number of hydrogen-bond acceptors (Lipinski definition) is 7. The van der Waals surface area contributed by atoms with Crippen molar-refractivity contribution >= 4 is 79.0 Å². The highest BCUT2D eigenvalue weighted by molar-refractivity contribution is 7.00. The highest BCUT2D eigenvalue weighted by atomic mass is 15.2. The number of aromatic nitrogens is 6. The van der Waals surface area contributed by atoms with Gasteiger partial charge < -0.3 is 14.4 Å². The zero-order chi connectivity index (χ0) is 61.4. The number of nitrogens with zero attached hydrogens (tertiary/aromatic N) is 8. The molecule has 15 aromatic rings. The van der Waals surface area contributed by atoms with Crippen molar-refractivity contribution in [1.29, 1.82) is 0 Å². The first-order valence-corrected chi connectivity index (χ1v) is 31.4. The summed E-state index contributed by atoms with van der Waals surface area (Å²) in [5.74, 6) is 2.27. The molecule has 0 aliphatic carbocycles. The number of rotatable bonds is 10. The van der Waals surface area contributed by atoms with Gasteiger partial charge in [0.1, 0.15) is 0 Å². The van der Waals surface area contributed by atoms with Crippen molar-refractivity contribution in [2.75, 3.05) is 9.80 Å². The van der Waals surface area contributed by atoms with Crippen LogP contribution in [0.15, 0.2) is 303 Å². The summed E-state index contributed by atoms with van der Waals surface area (Å²) in [5, 5.41) is 2.34. The van der Waals surface area contributed by atoms with E-state index in [2.05, 4.69) is 272 Å². The van der Waals surface area contributed by atoms with Crippen molar-refractivity contribution in [2.24, 2.45) is 0 Å². The average molecular weight is 1180 g/mol. The fraction of sp³-hybridized carbons (Fsp3) is 0.0482. The molecular weight excluding hydrogens is 1120 g/mol. The summed E-state index contributed by atoms with van der Waals surface area (Å²) in [6.45, 7) is 6.81. The second-order valence-corrected chi connectivity index (χ2v) is 24.8. The summed E-state index contributed by atoms with van der Waals surface area (Å²) in [6, 6.07) is 108. The number of para-hydroxylation sites is 5. The van der Waals surface area contributed by atoms with Gasteiger partial charge in [-0.15, -0.1) is 0 Å². The summed E-state index contributed by atoms with van der Waals surface area (Å²) in [5.41, 5.74) is 24.1. The van der Waals surface area contributed by atoms with Gasteiger partial charge in [-0.2, -0.15) is 0 Å². The lowest BCUT2D eigenvalue weighted by Crippen LogP contribution is -2.61. The number of benzene rings is 12. The van der Waals surface area contributed by atoms with Gasteiger partial charge in [-0.05, 0) is 118 Å². The molecule has 3 aromatic heterocycles. The van der Waals surface area contributed by atoms with Crippen LogP contribution in [0.1, 0.15) is 26.3 Å². The van der Waals surface area contributed by atoms with Crippen molar-refractivity contribution < 1.29 is 0 Å². The molecule has 9 heteroatoms. The summed E-state index contributed by atoms with van der Waals surface area (Å²) in [6.07, 6.45) is 0. The third-order valence-corrected chi connectivity index (χ3v) is 18.2. The highest BCUT2D eigenvalue weighted by Crippen LogP contribution is 2.48. The van der Waals surface area contributed by atoms with Gasteiger partial charge >= 0.3 is 0 Å². The van der Waals surface area contributed by atoms with Crippen LogP contribution in [0.3, 0.4) is 0 Å². The van der Waals surface area contributed by atoms with E-state index in [1.807, 2.05) is 66.7 Å². The van der Waals surface area contributed by atoms with Gasteiger partial charge in [0, 0.05) is 78.2 Å². The van der Waals surface area contributed by atoms with E-state index >= 15 is 0 Å². The van der Waals surface area contributed by atoms with Crippen molar-refractivity contribution in [2.45, 2.75) is 26.2 Å². The summed E-state index contributed by atoms with van der Waals surface area (Å²) < 4.78 is 2.38. The molecule has 8 nitrogen and oxygen atoms in total. The van der Waals surface area contributed by atoms with Gasteiger partial charge in [-0.25, -0.2) is 24.9 Å². The predicted molar refractivity (Wildman–Crippen MR) is 381 cm³/mol. The third-order valence-electron chi connectivity index (χ3n) is 18.2. The molecule has 0 amide bonds. The van der Waals surface area contributed by atoms with Gasteiger partial charge in [0.05, 0.1) is 33.8 Å². The second-order valence-electron chi connectivity index (χ2n) is 24.8. The molecule has 0 bridgehead atoms. The van der Waals surface area contributed by atoms with Crippen molar-refractivity contribution in [3.05, 3.63) is 309 Å². The van der Waals surface area contributed by atoms with Crippen molar-refractivity contribution in [3.8, 4) is 84.9 Å². The Kier molecular flexibility index (Phi) is 13.0. The lowest BCUT2D eigenvalue weighted by atomic mass is 9.33. The van der Waals surface area contributed by atoms with Gasteiger partial charge in [-0.3, -0.25) is 0 Å². The Morgan fingerprint density at radius 1 is 0.304 bits per heavy atom. The molecule has 2 aliphatic heterocycles. The fourth-order valence-corrected chi connectivity index (χ4v) is 13.8. The van der Waals surface area contributed by atoms with E-state index in [1.54, 1.807) is 0 Å². The highest BCUT2D eigenvalue weighted by Gasteiger charge is 2.44. The molecule has 17 rings (SSSR count). The van der Waals surface area contributed by atoms with E-state index in [0.717, 1.165) is 95.4 Å². The lowest BCUT2D eigenvalue weighted by Gasteiger charge is -2.45. The van der Waals surface area contributed by atoms with Gasteiger partial charge in [0.15, 0.2) is 23.3 Å². The maximum atomic E-state index is 5.70. The van der Waals surface area contributed by atoms with Crippen molar-refractivity contribution in [3.63, 3.8) is 0 Å². The number of fused-ring (bicyclic) bond motifs is 7. The van der Waals surface area contributed by atoms with Crippen LogP contribution >= 0.6 is 0 Å². The largest absolute Gasteiger partial charge is 0.311 e. The summed E-state index contributed by atoms with van der Waals surface area (Å²) >= 11 is 0. The molecule has 12 aromatic carbocycles. The van der Waals surface area contributed by atoms with Crippen LogP contribution in [0, 0.1) is 0 Å². The Labute approximate surface area is 535 Å². The van der Waals surface area contributed by atoms with E-state index < -0.39 is 0 Å². The molecular formula is C83H59BN8. The molecule has 0 radical (unpaired) electrons. The Bertz CT molecular complexity index is 5250. The molecule has 0 saturated heterocycles. The first-order chi connectivity index (χ1) is 45.3. The number of anilines is 6. The normalized spacial score (nSPS) is 12.4. The second kappa shape index (κ2) is 22.0. The minimum absolute atomic E-state index is 0.0174. The molecule has 2 aliphatic rings. The lowest BCUT2D eigenvalue weighted by molar-refractivity contribution is 0.591. The maximum absolute atomic E-state index is 5.70. The van der Waals surface area contributed by atoms with Crippen LogP contribution in [0.2, 0.25) is 0 Å². The minimum Gasteiger partial charge on any atom is -0.311 e. The van der Waals surface area contributed by atoms with Crippen LogP contribution < -0.4 is 26.2 Å². The zero-order valence-electron chi connectivity index (χ0n) is 51.0. The van der Waals surface area contributed by atoms with Crippen molar-refractivity contribution in [1.82, 2.24) is 29.5 Å². The molecule has 5 heterocycles. The monoisotopic (exact) mass is 1180 g/mol. The quantitative estimate of drug-likeness (QED) is 0.126. The Morgan fingerprint density at radius 3 is 1.38 bits per heavy atom. The third kappa shape index (κ3) is 9.27. The maximum Gasteiger partial charge on any atom is 0.252 e. The molecule has 434 valence electrons. The van der Waals surface area contributed by atoms with E-state index in [9.17, 15) is 0 Å². The van der Waals surface area contributed by atoms with Crippen LogP contribution in [-0.2, 0) is 5.41 Å². The molecule has 0 fully saturated rings. The smallest absolute Gasteiger partial charge is 0.252 e. The topological polar surface area (TPSA) is 75.9 Å². The SMILES string of the molecule is CC(C)(C)c1ccc2c(c1)c1ccccc1n2-c1ccc(-c2nc(-c3ccccc3)nc(-c3ccccc3)n2)cc1-c1nc(-c2ccccc2)cc(-c2ccc(-c3ccc4c5c3N(c3ccccc3)c3ccccc3B5c3ccccc3N4c3ccccc3)cc2)n1. The Morgan fingerprint density at radius 2 is 0.772 bits per heavy atom. The molecule has 0 unspecified atom stereocenters. The molecule has 0 saturated carbocycles. The Balaban J connectivity index is 0.874. The molecule has 0 atom stereocenters. The standard InChI is InChI=1S/C83H59BN8/c1-83(2,3)60-46-49-72-65(52-60)64-35-19-22-38-71(64)92(72)73-48-45-59(81-88-79(57-27-11-5-12-28-57)87-80(89-81)58-29-13-6-14-30-58)51-66(73)82-85-69(55-25-9-4-10-26-55)53-70(86-82)56-43-41-54(42-44-56)63-47-50-76-77-78(63)91(62-33-17-8-18-34-62)75-40-24-21-37-68(75)84(77)67-36-20-23-39-74(67)90(76)61-31-15-7-16-32-61/h4-53H,1-3H3.